The van der Waals surface area contributed by atoms with E-state index in [-0.39, 0.29) is 28.3 Å². The predicted molar refractivity (Wildman–Crippen MR) is 91.4 cm³/mol. The zero-order valence-corrected chi connectivity index (χ0v) is 16.4. The molecule has 0 nitrogen and oxygen atoms in total. The molecule has 0 heterocycles. The van der Waals surface area contributed by atoms with E-state index in [1.54, 1.807) is 0 Å². The molecule has 0 amide bonds. The van der Waals surface area contributed by atoms with Crippen molar-refractivity contribution >= 4 is 72.9 Å². The van der Waals surface area contributed by atoms with Crippen LogP contribution in [0.15, 0.2) is 0 Å². The van der Waals surface area contributed by atoms with Gasteiger partial charge in [-0.25, -0.2) is 0 Å². The first-order chi connectivity index (χ1) is 5.50. The molecule has 0 rings (SSSR count). The molecule has 0 aromatic rings. The van der Waals surface area contributed by atoms with Crippen molar-refractivity contribution < 1.29 is 0 Å². The summed E-state index contributed by atoms with van der Waals surface area (Å²) in [5, 5.41) is 0. The van der Waals surface area contributed by atoms with Crippen molar-refractivity contribution in [3.05, 3.63) is 0 Å². The highest BCUT2D eigenvalue weighted by Gasteiger charge is 2.22. The van der Waals surface area contributed by atoms with Crippen molar-refractivity contribution in [1.29, 1.82) is 0 Å². The van der Waals surface area contributed by atoms with E-state index < -0.39 is 0 Å². The Balaban J connectivity index is 4.09. The van der Waals surface area contributed by atoms with Gasteiger partial charge in [-0.2, -0.15) is 0 Å². The first kappa shape index (κ1) is 15.9. The fourth-order valence-electron chi connectivity index (χ4n) is 0.643. The monoisotopic (exact) mass is 332 g/mol. The van der Waals surface area contributed by atoms with E-state index in [1.807, 2.05) is 0 Å². The Kier molecular flexibility index (Phi) is 11.8. The van der Waals surface area contributed by atoms with Crippen LogP contribution in [0.4, 0.5) is 0 Å². The van der Waals surface area contributed by atoms with Crippen molar-refractivity contribution in [1.82, 2.24) is 0 Å². The highest BCUT2D eigenvalue weighted by atomic mass is 33.1. The SMILES string of the molecule is CCCP(P(P)P)P(P)P(P)P. The van der Waals surface area contributed by atoms with Crippen LogP contribution in [0.25, 0.3) is 0 Å². The van der Waals surface area contributed by atoms with E-state index >= 15 is 0 Å². The maximum Gasteiger partial charge on any atom is -0.0239 e. The second-order valence-electron chi connectivity index (χ2n) is 2.18. The molecule has 9 heteroatoms. The summed E-state index contributed by atoms with van der Waals surface area (Å²) in [6.07, 6.45) is 2.80. The number of hydrogen-bond donors (Lipinski definition) is 0. The van der Waals surface area contributed by atoms with Crippen LogP contribution in [0.5, 0.6) is 0 Å². The van der Waals surface area contributed by atoms with E-state index in [9.17, 15) is 0 Å². The Morgan fingerprint density at radius 1 is 0.917 bits per heavy atom. The molecule has 0 spiro atoms. The molecule has 0 aliphatic heterocycles. The van der Waals surface area contributed by atoms with Gasteiger partial charge >= 0.3 is 0 Å². The highest BCUT2D eigenvalue weighted by Crippen LogP contribution is 3.06. The molecule has 74 valence electrons. The third-order valence-corrected chi connectivity index (χ3v) is 45.7. The van der Waals surface area contributed by atoms with Crippen LogP contribution in [0.2, 0.25) is 0 Å². The quantitative estimate of drug-likeness (QED) is 0.540. The van der Waals surface area contributed by atoms with Gasteiger partial charge < -0.3 is 0 Å². The highest BCUT2D eigenvalue weighted by molar-refractivity contribution is 9.07. The lowest BCUT2D eigenvalue weighted by molar-refractivity contribution is 1.11. The summed E-state index contributed by atoms with van der Waals surface area (Å²) < 4.78 is 0. The Hall–Kier alpha value is 3.87. The zero-order chi connectivity index (χ0) is 9.72. The maximum absolute atomic E-state index is 3.10. The minimum absolute atomic E-state index is 0.134. The minimum Gasteiger partial charge on any atom is -0.102 e. The van der Waals surface area contributed by atoms with Crippen LogP contribution >= 0.6 is 72.9 Å². The summed E-state index contributed by atoms with van der Waals surface area (Å²) in [6, 6.07) is 0. The normalized spacial score (nSPS) is 17.0. The Labute approximate surface area is 92.3 Å². The van der Waals surface area contributed by atoms with Crippen LogP contribution < -0.4 is 0 Å². The molecule has 0 aromatic heterocycles. The molecular formula is C3H17P9. The average molecular weight is 332 g/mol. The average Bonchev–Trinajstić information content (AvgIpc) is 1.98. The van der Waals surface area contributed by atoms with Crippen molar-refractivity contribution in [3.8, 4) is 0 Å². The van der Waals surface area contributed by atoms with Crippen molar-refractivity contribution in [2.45, 2.75) is 13.3 Å². The van der Waals surface area contributed by atoms with E-state index in [0.29, 0.717) is 0 Å². The van der Waals surface area contributed by atoms with Gasteiger partial charge in [0.15, 0.2) is 0 Å². The third kappa shape index (κ3) is 6.45. The van der Waals surface area contributed by atoms with Gasteiger partial charge in [-0.15, -0.1) is 44.6 Å². The molecule has 12 heavy (non-hydrogen) atoms. The summed E-state index contributed by atoms with van der Waals surface area (Å²) >= 11 is 0. The molecule has 0 N–H and O–H groups in total. The number of hydrogen-bond acceptors (Lipinski definition) is 0. The van der Waals surface area contributed by atoms with Gasteiger partial charge in [-0.1, -0.05) is 13.3 Å². The van der Waals surface area contributed by atoms with Gasteiger partial charge in [-0.3, -0.25) is 0 Å². The molecule has 0 radical (unpaired) electrons. The molecule has 0 fully saturated rings. The predicted octanol–water partition coefficient (Wildman–Crippen LogP) is 6.02. The van der Waals surface area contributed by atoms with Crippen LogP contribution in [-0.2, 0) is 0 Å². The van der Waals surface area contributed by atoms with E-state index in [1.165, 1.54) is 12.6 Å². The van der Waals surface area contributed by atoms with Crippen LogP contribution in [0.3, 0.4) is 0 Å². The first-order valence-corrected chi connectivity index (χ1v) is 19.2. The van der Waals surface area contributed by atoms with E-state index in [0.717, 1.165) is 0 Å². The maximum atomic E-state index is 3.10. The van der Waals surface area contributed by atoms with E-state index in [4.69, 9.17) is 0 Å². The second-order valence-corrected chi connectivity index (χ2v) is 35.3. The molecule has 0 saturated heterocycles. The molecule has 0 bridgehead atoms. The lowest BCUT2D eigenvalue weighted by atomic mass is 10.6. The Morgan fingerprint density at radius 3 is 1.67 bits per heavy atom. The van der Waals surface area contributed by atoms with Gasteiger partial charge in [0.25, 0.3) is 0 Å². The summed E-state index contributed by atoms with van der Waals surface area (Å²) in [5.74, 6) is 0. The van der Waals surface area contributed by atoms with Crippen LogP contribution in [0.1, 0.15) is 13.3 Å². The lowest BCUT2D eigenvalue weighted by Gasteiger charge is -2.29. The fourth-order valence-corrected chi connectivity index (χ4v) is 50.5. The van der Waals surface area contributed by atoms with Gasteiger partial charge in [-0.05, 0) is 34.4 Å². The standard InChI is InChI=1S/C3H17P9/c1-2-3-9(10(4)5)12(8)11(6)7/h2-8H2,1H3. The van der Waals surface area contributed by atoms with Gasteiger partial charge in [0, 0.05) is 0 Å². The van der Waals surface area contributed by atoms with Crippen LogP contribution in [0, 0.1) is 0 Å². The molecule has 0 aliphatic carbocycles. The van der Waals surface area contributed by atoms with Crippen molar-refractivity contribution in [2.75, 3.05) is 6.16 Å². The van der Waals surface area contributed by atoms with Crippen molar-refractivity contribution in [2.24, 2.45) is 0 Å². The fraction of sp³-hybridized carbons (Fsp3) is 1.00. The summed E-state index contributed by atoms with van der Waals surface area (Å²) in [5.41, 5.74) is 0. The lowest BCUT2D eigenvalue weighted by Crippen LogP contribution is -1.70. The zero-order valence-electron chi connectivity index (χ0n) is 7.09. The molecule has 7 atom stereocenters. The molecule has 0 aliphatic rings. The summed E-state index contributed by atoms with van der Waals surface area (Å²) in [6.45, 7) is 2.80. The van der Waals surface area contributed by atoms with Crippen LogP contribution in [-0.4, -0.2) is 6.16 Å². The largest absolute Gasteiger partial charge is 0.102 e. The minimum atomic E-state index is 0.134. The van der Waals surface area contributed by atoms with E-state index in [2.05, 4.69) is 51.6 Å². The Morgan fingerprint density at radius 2 is 1.42 bits per heavy atom. The third-order valence-electron chi connectivity index (χ3n) is 1.16. The van der Waals surface area contributed by atoms with Gasteiger partial charge in [0.2, 0.25) is 0 Å². The number of rotatable bonds is 5. The molecular weight excluding hydrogens is 315 g/mol. The molecule has 0 saturated carbocycles. The second kappa shape index (κ2) is 8.96. The Bertz CT molecular complexity index is 112. The smallest absolute Gasteiger partial charge is 0.0239 e. The first-order valence-electron chi connectivity index (χ1n) is 3.41. The van der Waals surface area contributed by atoms with Gasteiger partial charge in [0.1, 0.15) is 0 Å². The topological polar surface area (TPSA) is 0 Å². The van der Waals surface area contributed by atoms with Gasteiger partial charge in [0.05, 0.1) is 0 Å². The summed E-state index contributed by atoms with van der Waals surface area (Å²) in [7, 11) is 15.4. The summed E-state index contributed by atoms with van der Waals surface area (Å²) in [4.78, 5) is 0. The van der Waals surface area contributed by atoms with Crippen molar-refractivity contribution in [3.63, 3.8) is 0 Å². The molecule has 7 unspecified atom stereocenters. The molecule has 0 aromatic carbocycles.